The Kier molecular flexibility index (Phi) is 3.71. The van der Waals surface area contributed by atoms with Crippen LogP contribution in [0.1, 0.15) is 42.6 Å². The van der Waals surface area contributed by atoms with Gasteiger partial charge >= 0.3 is 0 Å². The van der Waals surface area contributed by atoms with Crippen LogP contribution in [0.2, 0.25) is 0 Å². The predicted octanol–water partition coefficient (Wildman–Crippen LogP) is 2.25. The Morgan fingerprint density at radius 1 is 1.47 bits per heavy atom. The van der Waals surface area contributed by atoms with Gasteiger partial charge in [-0.15, -0.1) is 0 Å². The molecule has 0 unspecified atom stereocenters. The molecule has 0 aliphatic heterocycles. The maximum atomic E-state index is 12.1. The summed E-state index contributed by atoms with van der Waals surface area (Å²) in [6.07, 6.45) is 8.13. The van der Waals surface area contributed by atoms with Gasteiger partial charge in [0.05, 0.1) is 0 Å². The molecule has 0 atom stereocenters. The monoisotopic (exact) mass is 235 g/mol. The number of carbonyl (C=O) groups excluding carboxylic acids is 1. The lowest BCUT2D eigenvalue weighted by molar-refractivity contribution is 0.0755. The number of hydrogen-bond acceptors (Lipinski definition) is 2. The summed E-state index contributed by atoms with van der Waals surface area (Å²) >= 11 is 0. The maximum Gasteiger partial charge on any atom is 0.270 e. The van der Waals surface area contributed by atoms with Gasteiger partial charge < -0.3 is 15.6 Å². The van der Waals surface area contributed by atoms with E-state index >= 15 is 0 Å². The summed E-state index contributed by atoms with van der Waals surface area (Å²) in [5.41, 5.74) is 6.79. The summed E-state index contributed by atoms with van der Waals surface area (Å²) in [4.78, 5) is 16.8. The number of anilines is 1. The van der Waals surface area contributed by atoms with Crippen LogP contribution < -0.4 is 5.73 Å². The number of aromatic nitrogens is 1. The van der Waals surface area contributed by atoms with E-state index in [2.05, 4.69) is 4.98 Å². The molecule has 0 spiro atoms. The van der Waals surface area contributed by atoms with Gasteiger partial charge in [0.1, 0.15) is 5.69 Å². The molecule has 0 saturated heterocycles. The lowest BCUT2D eigenvalue weighted by Crippen LogP contribution is -2.32. The van der Waals surface area contributed by atoms with Crippen LogP contribution in [0, 0.1) is 5.92 Å². The number of rotatable bonds is 3. The van der Waals surface area contributed by atoms with E-state index in [-0.39, 0.29) is 5.91 Å². The normalized spacial score (nSPS) is 17.0. The smallest absolute Gasteiger partial charge is 0.270 e. The summed E-state index contributed by atoms with van der Waals surface area (Å²) < 4.78 is 0. The van der Waals surface area contributed by atoms with Crippen molar-refractivity contribution in [3.05, 3.63) is 18.0 Å². The molecule has 1 aliphatic rings. The van der Waals surface area contributed by atoms with Crippen LogP contribution in [0.15, 0.2) is 12.3 Å². The van der Waals surface area contributed by atoms with Gasteiger partial charge in [-0.2, -0.15) is 0 Å². The van der Waals surface area contributed by atoms with E-state index in [4.69, 9.17) is 5.73 Å². The van der Waals surface area contributed by atoms with Gasteiger partial charge in [-0.1, -0.05) is 19.3 Å². The average Bonchev–Trinajstić information content (AvgIpc) is 2.76. The van der Waals surface area contributed by atoms with Crippen molar-refractivity contribution in [2.24, 2.45) is 5.92 Å². The van der Waals surface area contributed by atoms with Crippen molar-refractivity contribution in [1.29, 1.82) is 0 Å². The first-order valence-electron chi connectivity index (χ1n) is 6.36. The maximum absolute atomic E-state index is 12.1. The number of nitrogens with two attached hydrogens (primary N) is 1. The number of nitrogens with one attached hydrogen (secondary N) is 1. The highest BCUT2D eigenvalue weighted by atomic mass is 16.2. The molecule has 1 fully saturated rings. The highest BCUT2D eigenvalue weighted by Gasteiger charge is 2.19. The van der Waals surface area contributed by atoms with Crippen molar-refractivity contribution >= 4 is 11.6 Å². The second-order valence-corrected chi connectivity index (χ2v) is 5.04. The summed E-state index contributed by atoms with van der Waals surface area (Å²) in [6, 6.07) is 1.69. The lowest BCUT2D eigenvalue weighted by Gasteiger charge is -2.26. The number of nitrogen functional groups attached to an aromatic ring is 1. The van der Waals surface area contributed by atoms with E-state index in [0.29, 0.717) is 17.3 Å². The molecular weight excluding hydrogens is 214 g/mol. The molecule has 1 saturated carbocycles. The molecule has 0 bridgehead atoms. The third-order valence-corrected chi connectivity index (χ3v) is 3.54. The summed E-state index contributed by atoms with van der Waals surface area (Å²) in [5, 5.41) is 0. The predicted molar refractivity (Wildman–Crippen MR) is 68.7 cm³/mol. The second kappa shape index (κ2) is 5.25. The van der Waals surface area contributed by atoms with Gasteiger partial charge in [0.25, 0.3) is 5.91 Å². The minimum atomic E-state index is 0.0345. The largest absolute Gasteiger partial charge is 0.397 e. The molecule has 1 amide bonds. The number of hydrogen-bond donors (Lipinski definition) is 2. The van der Waals surface area contributed by atoms with Crippen LogP contribution in [0.3, 0.4) is 0 Å². The number of amides is 1. The van der Waals surface area contributed by atoms with E-state index in [9.17, 15) is 4.79 Å². The van der Waals surface area contributed by atoms with Gasteiger partial charge in [-0.3, -0.25) is 4.79 Å². The molecule has 0 radical (unpaired) electrons. The molecule has 4 heteroatoms. The molecule has 3 N–H and O–H groups in total. The van der Waals surface area contributed by atoms with Crippen LogP contribution in [-0.4, -0.2) is 29.4 Å². The van der Waals surface area contributed by atoms with E-state index in [1.165, 1.54) is 32.1 Å². The minimum Gasteiger partial charge on any atom is -0.397 e. The van der Waals surface area contributed by atoms with E-state index in [1.54, 1.807) is 17.2 Å². The number of carbonyl (C=O) groups is 1. The van der Waals surface area contributed by atoms with Crippen molar-refractivity contribution < 1.29 is 4.79 Å². The van der Waals surface area contributed by atoms with Gasteiger partial charge in [-0.25, -0.2) is 0 Å². The van der Waals surface area contributed by atoms with E-state index < -0.39 is 0 Å². The van der Waals surface area contributed by atoms with E-state index in [1.807, 2.05) is 7.05 Å². The summed E-state index contributed by atoms with van der Waals surface area (Å²) in [5.74, 6) is 0.706. The third kappa shape index (κ3) is 3.02. The van der Waals surface area contributed by atoms with Crippen LogP contribution in [0.4, 0.5) is 5.69 Å². The number of aromatic amines is 1. The van der Waals surface area contributed by atoms with Gasteiger partial charge in [0.15, 0.2) is 0 Å². The highest BCUT2D eigenvalue weighted by Crippen LogP contribution is 2.24. The van der Waals surface area contributed by atoms with Crippen LogP contribution in [-0.2, 0) is 0 Å². The topological polar surface area (TPSA) is 62.1 Å². The fraction of sp³-hybridized carbons (Fsp3) is 0.615. The quantitative estimate of drug-likeness (QED) is 0.844. The Bertz CT molecular complexity index is 380. The molecule has 1 heterocycles. The zero-order valence-corrected chi connectivity index (χ0v) is 10.4. The Morgan fingerprint density at radius 3 is 2.76 bits per heavy atom. The fourth-order valence-corrected chi connectivity index (χ4v) is 2.58. The van der Waals surface area contributed by atoms with Crippen molar-refractivity contribution in [1.82, 2.24) is 9.88 Å². The van der Waals surface area contributed by atoms with Crippen molar-refractivity contribution in [3.63, 3.8) is 0 Å². The third-order valence-electron chi connectivity index (χ3n) is 3.54. The van der Waals surface area contributed by atoms with E-state index in [0.717, 1.165) is 6.54 Å². The van der Waals surface area contributed by atoms with Crippen molar-refractivity contribution in [2.75, 3.05) is 19.3 Å². The fourth-order valence-electron chi connectivity index (χ4n) is 2.58. The molecule has 1 aromatic heterocycles. The first-order valence-corrected chi connectivity index (χ1v) is 6.36. The average molecular weight is 235 g/mol. The second-order valence-electron chi connectivity index (χ2n) is 5.04. The van der Waals surface area contributed by atoms with Gasteiger partial charge in [-0.05, 0) is 24.8 Å². The number of H-pyrrole nitrogens is 1. The molecule has 94 valence electrons. The Labute approximate surface area is 102 Å². The van der Waals surface area contributed by atoms with Crippen LogP contribution in [0.5, 0.6) is 0 Å². The Morgan fingerprint density at radius 2 is 2.18 bits per heavy atom. The molecule has 2 rings (SSSR count). The highest BCUT2D eigenvalue weighted by molar-refractivity contribution is 5.93. The Hall–Kier alpha value is -1.45. The zero-order valence-electron chi connectivity index (χ0n) is 10.4. The lowest BCUT2D eigenvalue weighted by atomic mass is 9.89. The SMILES string of the molecule is CN(CC1CCCCC1)C(=O)c1cc(N)c[nH]1. The molecule has 0 aromatic carbocycles. The van der Waals surface area contributed by atoms with Crippen LogP contribution >= 0.6 is 0 Å². The van der Waals surface area contributed by atoms with Gasteiger partial charge in [0, 0.05) is 25.5 Å². The Balaban J connectivity index is 1.90. The first-order chi connectivity index (χ1) is 8.16. The van der Waals surface area contributed by atoms with Crippen molar-refractivity contribution in [2.45, 2.75) is 32.1 Å². The summed E-state index contributed by atoms with van der Waals surface area (Å²) in [7, 11) is 1.87. The number of nitrogens with zero attached hydrogens (tertiary/aromatic N) is 1. The standard InChI is InChI=1S/C13H21N3O/c1-16(9-10-5-3-2-4-6-10)13(17)12-7-11(14)8-15-12/h7-8,10,15H,2-6,9,14H2,1H3. The van der Waals surface area contributed by atoms with Gasteiger partial charge in [0.2, 0.25) is 0 Å². The minimum absolute atomic E-state index is 0.0345. The van der Waals surface area contributed by atoms with Crippen molar-refractivity contribution in [3.8, 4) is 0 Å². The summed E-state index contributed by atoms with van der Waals surface area (Å²) in [6.45, 7) is 0.859. The molecule has 1 aromatic rings. The first kappa shape index (κ1) is 12.0. The molecule has 4 nitrogen and oxygen atoms in total. The zero-order chi connectivity index (χ0) is 12.3. The van der Waals surface area contributed by atoms with Crippen LogP contribution in [0.25, 0.3) is 0 Å². The molecule has 17 heavy (non-hydrogen) atoms. The molecular formula is C13H21N3O. The molecule has 1 aliphatic carbocycles.